The van der Waals surface area contributed by atoms with E-state index in [1.54, 1.807) is 0 Å². The first-order chi connectivity index (χ1) is 8.22. The molecule has 0 unspecified atom stereocenters. The predicted molar refractivity (Wildman–Crippen MR) is 64.8 cm³/mol. The van der Waals surface area contributed by atoms with E-state index in [4.69, 9.17) is 4.74 Å². The van der Waals surface area contributed by atoms with Crippen LogP contribution >= 0.6 is 0 Å². The number of hydrogen-bond acceptors (Lipinski definition) is 3. The number of hydrogen-bond donors (Lipinski definition) is 2. The maximum atomic E-state index is 9.22. The summed E-state index contributed by atoms with van der Waals surface area (Å²) in [7, 11) is 0. The number of aromatic nitrogens is 2. The Morgan fingerprint density at radius 2 is 2.06 bits per heavy atom. The summed E-state index contributed by atoms with van der Waals surface area (Å²) in [5.41, 5.74) is 3.55. The number of nitrogens with zero attached hydrogens (tertiary/aromatic N) is 1. The Labute approximate surface area is 100 Å². The van der Waals surface area contributed by atoms with Gasteiger partial charge < -0.3 is 9.84 Å². The molecule has 2 N–H and O–H groups in total. The van der Waals surface area contributed by atoms with Gasteiger partial charge in [-0.15, -0.1) is 0 Å². The molecule has 4 nitrogen and oxygen atoms in total. The number of aliphatic hydroxyl groups is 1. The summed E-state index contributed by atoms with van der Waals surface area (Å²) in [4.78, 5) is 0. The van der Waals surface area contributed by atoms with Gasteiger partial charge in [-0.3, -0.25) is 5.10 Å². The van der Waals surface area contributed by atoms with Gasteiger partial charge in [0, 0.05) is 11.3 Å². The molecule has 2 aromatic rings. The molecule has 0 spiro atoms. The molecule has 0 fully saturated rings. The third-order valence-electron chi connectivity index (χ3n) is 2.78. The number of aryl methyl sites for hydroxylation is 2. The number of nitrogens with one attached hydrogen (secondary N) is 1. The fourth-order valence-electron chi connectivity index (χ4n) is 1.70. The van der Waals surface area contributed by atoms with Crippen LogP contribution in [0.15, 0.2) is 24.3 Å². The van der Waals surface area contributed by atoms with Gasteiger partial charge in [-0.25, -0.2) is 0 Å². The quantitative estimate of drug-likeness (QED) is 0.848. The molecule has 0 amide bonds. The lowest BCUT2D eigenvalue weighted by Gasteiger charge is -2.08. The van der Waals surface area contributed by atoms with Gasteiger partial charge in [0.15, 0.2) is 0 Å². The highest BCUT2D eigenvalue weighted by atomic mass is 16.5. The van der Waals surface area contributed by atoms with Crippen molar-refractivity contribution < 1.29 is 9.84 Å². The average molecular weight is 232 g/mol. The second-order valence-corrected chi connectivity index (χ2v) is 3.99. The van der Waals surface area contributed by atoms with Crippen LogP contribution in [-0.4, -0.2) is 15.3 Å². The lowest BCUT2D eigenvalue weighted by molar-refractivity contribution is 0.267. The van der Waals surface area contributed by atoms with Crippen LogP contribution in [0.2, 0.25) is 0 Å². The second-order valence-electron chi connectivity index (χ2n) is 3.99. The Balaban J connectivity index is 2.10. The number of rotatable bonds is 4. The van der Waals surface area contributed by atoms with E-state index in [0.29, 0.717) is 6.61 Å². The van der Waals surface area contributed by atoms with Crippen LogP contribution in [0.25, 0.3) is 0 Å². The SMILES string of the molecule is Cc1ccccc1OCc1n[nH]c(C)c1CO. The van der Waals surface area contributed by atoms with Gasteiger partial charge in [0.2, 0.25) is 0 Å². The van der Waals surface area contributed by atoms with Crippen LogP contribution < -0.4 is 4.74 Å². The lowest BCUT2D eigenvalue weighted by Crippen LogP contribution is -2.01. The molecule has 0 bridgehead atoms. The minimum absolute atomic E-state index is 0.0190. The molecule has 0 aliphatic carbocycles. The highest BCUT2D eigenvalue weighted by Gasteiger charge is 2.10. The first-order valence-corrected chi connectivity index (χ1v) is 5.54. The van der Waals surface area contributed by atoms with Crippen LogP contribution in [0.3, 0.4) is 0 Å². The number of para-hydroxylation sites is 1. The summed E-state index contributed by atoms with van der Waals surface area (Å²) in [6.07, 6.45) is 0. The highest BCUT2D eigenvalue weighted by molar-refractivity contribution is 5.32. The summed E-state index contributed by atoms with van der Waals surface area (Å²) in [6, 6.07) is 7.83. The Hall–Kier alpha value is -1.81. The topological polar surface area (TPSA) is 58.1 Å². The highest BCUT2D eigenvalue weighted by Crippen LogP contribution is 2.19. The van der Waals surface area contributed by atoms with Gasteiger partial charge in [-0.1, -0.05) is 18.2 Å². The first kappa shape index (κ1) is 11.7. The second kappa shape index (κ2) is 5.01. The van der Waals surface area contributed by atoms with Crippen LogP contribution in [0.1, 0.15) is 22.5 Å². The van der Waals surface area contributed by atoms with Gasteiger partial charge in [-0.2, -0.15) is 5.10 Å². The van der Waals surface area contributed by atoms with E-state index in [1.165, 1.54) is 0 Å². The third-order valence-corrected chi connectivity index (χ3v) is 2.78. The smallest absolute Gasteiger partial charge is 0.132 e. The zero-order chi connectivity index (χ0) is 12.3. The van der Waals surface area contributed by atoms with Crippen molar-refractivity contribution in [1.82, 2.24) is 10.2 Å². The summed E-state index contributed by atoms with van der Waals surface area (Å²) in [5.74, 6) is 0.844. The number of H-pyrrole nitrogens is 1. The van der Waals surface area contributed by atoms with Gasteiger partial charge in [0.25, 0.3) is 0 Å². The molecule has 0 saturated heterocycles. The Morgan fingerprint density at radius 3 is 2.76 bits per heavy atom. The minimum atomic E-state index is -0.0190. The molecule has 0 aliphatic rings. The molecule has 17 heavy (non-hydrogen) atoms. The molecule has 4 heteroatoms. The first-order valence-electron chi connectivity index (χ1n) is 5.54. The largest absolute Gasteiger partial charge is 0.487 e. The number of benzene rings is 1. The average Bonchev–Trinajstić information content (AvgIpc) is 2.69. The number of aromatic amines is 1. The predicted octanol–water partition coefficient (Wildman–Crippen LogP) is 2.10. The maximum Gasteiger partial charge on any atom is 0.132 e. The van der Waals surface area contributed by atoms with Crippen molar-refractivity contribution in [3.8, 4) is 5.75 Å². The summed E-state index contributed by atoms with van der Waals surface area (Å²) >= 11 is 0. The summed E-state index contributed by atoms with van der Waals surface area (Å²) in [6.45, 7) is 4.23. The lowest BCUT2D eigenvalue weighted by atomic mass is 10.2. The maximum absolute atomic E-state index is 9.22. The molecule has 0 aliphatic heterocycles. The normalized spacial score (nSPS) is 10.5. The van der Waals surface area contributed by atoms with Crippen molar-refractivity contribution in [3.05, 3.63) is 46.8 Å². The molecule has 1 heterocycles. The van der Waals surface area contributed by atoms with Crippen molar-refractivity contribution in [2.24, 2.45) is 0 Å². The zero-order valence-corrected chi connectivity index (χ0v) is 10.0. The Bertz CT molecular complexity index is 506. The van der Waals surface area contributed by atoms with E-state index in [0.717, 1.165) is 28.3 Å². The van der Waals surface area contributed by atoms with Gasteiger partial charge in [0.05, 0.1) is 6.61 Å². The van der Waals surface area contributed by atoms with Crippen LogP contribution in [-0.2, 0) is 13.2 Å². The van der Waals surface area contributed by atoms with E-state index in [1.807, 2.05) is 38.1 Å². The molecule has 1 aromatic heterocycles. The summed E-state index contributed by atoms with van der Waals surface area (Å²) in [5, 5.41) is 16.2. The van der Waals surface area contributed by atoms with Crippen LogP contribution in [0, 0.1) is 13.8 Å². The molecular formula is C13H16N2O2. The summed E-state index contributed by atoms with van der Waals surface area (Å²) < 4.78 is 5.69. The zero-order valence-electron chi connectivity index (χ0n) is 10.0. The fourth-order valence-corrected chi connectivity index (χ4v) is 1.70. The third kappa shape index (κ3) is 2.47. The van der Waals surface area contributed by atoms with Crippen molar-refractivity contribution in [2.75, 3.05) is 0 Å². The molecule has 0 atom stereocenters. The molecule has 0 saturated carbocycles. The Kier molecular flexibility index (Phi) is 3.44. The molecule has 2 rings (SSSR count). The molecular weight excluding hydrogens is 216 g/mol. The van der Waals surface area contributed by atoms with Crippen molar-refractivity contribution in [1.29, 1.82) is 0 Å². The Morgan fingerprint density at radius 1 is 1.29 bits per heavy atom. The van der Waals surface area contributed by atoms with Crippen LogP contribution in [0.5, 0.6) is 5.75 Å². The monoisotopic (exact) mass is 232 g/mol. The fraction of sp³-hybridized carbons (Fsp3) is 0.308. The van der Waals surface area contributed by atoms with Crippen molar-refractivity contribution in [2.45, 2.75) is 27.1 Å². The molecule has 1 aromatic carbocycles. The van der Waals surface area contributed by atoms with E-state index in [9.17, 15) is 5.11 Å². The van der Waals surface area contributed by atoms with Gasteiger partial charge in [0.1, 0.15) is 18.1 Å². The number of aliphatic hydroxyl groups excluding tert-OH is 1. The van der Waals surface area contributed by atoms with Gasteiger partial charge >= 0.3 is 0 Å². The minimum Gasteiger partial charge on any atom is -0.487 e. The molecule has 90 valence electrons. The van der Waals surface area contributed by atoms with E-state index in [2.05, 4.69) is 10.2 Å². The van der Waals surface area contributed by atoms with Crippen LogP contribution in [0.4, 0.5) is 0 Å². The van der Waals surface area contributed by atoms with E-state index in [-0.39, 0.29) is 6.61 Å². The van der Waals surface area contributed by atoms with Crippen molar-refractivity contribution in [3.63, 3.8) is 0 Å². The van der Waals surface area contributed by atoms with E-state index < -0.39 is 0 Å². The number of ether oxygens (including phenoxy) is 1. The van der Waals surface area contributed by atoms with Gasteiger partial charge in [-0.05, 0) is 25.5 Å². The molecule has 0 radical (unpaired) electrons. The van der Waals surface area contributed by atoms with E-state index >= 15 is 0 Å². The van der Waals surface area contributed by atoms with Crippen molar-refractivity contribution >= 4 is 0 Å². The standard InChI is InChI=1S/C13H16N2O2/c1-9-5-3-4-6-13(9)17-8-12-11(7-16)10(2)14-15-12/h3-6,16H,7-8H2,1-2H3,(H,14,15).